The van der Waals surface area contributed by atoms with Crippen LogP contribution in [0.5, 0.6) is 0 Å². The first-order chi connectivity index (χ1) is 16.9. The second kappa shape index (κ2) is 9.61. The number of ether oxygens (including phenoxy) is 1. The third kappa shape index (κ3) is 4.84. The maximum absolute atomic E-state index is 12.9. The minimum atomic E-state index is -3.74. The third-order valence-electron chi connectivity index (χ3n) is 5.39. The Morgan fingerprint density at radius 3 is 2.17 bits per heavy atom. The van der Waals surface area contributed by atoms with Crippen LogP contribution in [0.4, 0.5) is 0 Å². The van der Waals surface area contributed by atoms with E-state index in [1.807, 2.05) is 24.3 Å². The molecule has 7 nitrogen and oxygen atoms in total. The lowest BCUT2D eigenvalue weighted by atomic mass is 10.0. The van der Waals surface area contributed by atoms with Crippen LogP contribution in [0.15, 0.2) is 114 Å². The Bertz CT molecular complexity index is 1520. The molecule has 0 fully saturated rings. The lowest BCUT2D eigenvalue weighted by Gasteiger charge is -2.06. The molecule has 0 aliphatic carbocycles. The van der Waals surface area contributed by atoms with Crippen molar-refractivity contribution in [2.24, 2.45) is 15.0 Å². The van der Waals surface area contributed by atoms with Crippen molar-refractivity contribution in [1.82, 2.24) is 0 Å². The number of hydrogen-bond donors (Lipinski definition) is 0. The maximum atomic E-state index is 12.9. The van der Waals surface area contributed by atoms with Crippen molar-refractivity contribution in [1.29, 1.82) is 0 Å². The molecule has 2 aliphatic rings. The molecule has 0 amide bonds. The van der Waals surface area contributed by atoms with Gasteiger partial charge in [0.25, 0.3) is 0 Å². The van der Waals surface area contributed by atoms with Crippen molar-refractivity contribution in [3.63, 3.8) is 0 Å². The van der Waals surface area contributed by atoms with E-state index in [4.69, 9.17) is 4.74 Å². The van der Waals surface area contributed by atoms with E-state index in [2.05, 4.69) is 30.9 Å². The Morgan fingerprint density at radius 1 is 0.829 bits per heavy atom. The van der Waals surface area contributed by atoms with Gasteiger partial charge in [-0.3, -0.25) is 4.79 Å². The van der Waals surface area contributed by atoms with Crippen LogP contribution in [0.3, 0.4) is 0 Å². The van der Waals surface area contributed by atoms with Gasteiger partial charge in [-0.1, -0.05) is 58.4 Å². The highest BCUT2D eigenvalue weighted by atomic mass is 79.9. The van der Waals surface area contributed by atoms with Crippen LogP contribution in [0, 0.1) is 0 Å². The SMILES string of the molecule is O=C(c1ccc(Br)cc1)c1ccc(COCC2=NC3=NC=C(S(=O)(=O)c4ccccc4)C3=N2)cc1. The highest BCUT2D eigenvalue weighted by molar-refractivity contribution is 9.10. The fraction of sp³-hybridized carbons (Fsp3) is 0.0769. The monoisotopic (exact) mass is 547 g/mol. The Balaban J connectivity index is 1.19. The Kier molecular flexibility index (Phi) is 6.38. The van der Waals surface area contributed by atoms with Gasteiger partial charge in [0.1, 0.15) is 17.2 Å². The zero-order valence-electron chi connectivity index (χ0n) is 18.3. The van der Waals surface area contributed by atoms with Crippen LogP contribution >= 0.6 is 15.9 Å². The van der Waals surface area contributed by atoms with Gasteiger partial charge in [-0.15, -0.1) is 0 Å². The molecular weight excluding hydrogens is 530 g/mol. The molecular formula is C26H18BrN3O4S. The summed E-state index contributed by atoms with van der Waals surface area (Å²) in [5.41, 5.74) is 2.33. The number of fused-ring (bicyclic) bond motifs is 1. The molecule has 9 heteroatoms. The van der Waals surface area contributed by atoms with Crippen LogP contribution in [0.25, 0.3) is 0 Å². The molecule has 0 aromatic heterocycles. The molecule has 0 saturated heterocycles. The minimum Gasteiger partial charge on any atom is -0.369 e. The molecule has 0 atom stereocenters. The highest BCUT2D eigenvalue weighted by Gasteiger charge is 2.34. The average molecular weight is 548 g/mol. The number of ketones is 1. The van der Waals surface area contributed by atoms with E-state index in [1.54, 1.807) is 42.5 Å². The van der Waals surface area contributed by atoms with E-state index in [0.29, 0.717) is 17.0 Å². The Labute approximate surface area is 210 Å². The first kappa shape index (κ1) is 23.2. The van der Waals surface area contributed by atoms with E-state index >= 15 is 0 Å². The normalized spacial score (nSPS) is 14.7. The van der Waals surface area contributed by atoms with Gasteiger partial charge in [0, 0.05) is 15.6 Å². The standard InChI is InChI=1S/C26H18BrN3O4S/c27-20-12-10-19(11-13-20)25(31)18-8-6-17(7-9-18)15-34-16-23-29-24-22(14-28-26(24)30-23)35(32,33)21-4-2-1-3-5-21/h1-14H,15-16H2. The molecule has 3 aromatic rings. The second-order valence-corrected chi connectivity index (χ2v) is 10.6. The summed E-state index contributed by atoms with van der Waals surface area (Å²) in [6.07, 6.45) is 1.29. The van der Waals surface area contributed by atoms with E-state index in [1.165, 1.54) is 18.3 Å². The van der Waals surface area contributed by atoms with Gasteiger partial charge < -0.3 is 4.74 Å². The van der Waals surface area contributed by atoms with Crippen molar-refractivity contribution >= 4 is 48.9 Å². The number of rotatable bonds is 8. The maximum Gasteiger partial charge on any atom is 0.210 e. The molecule has 0 saturated carbocycles. The molecule has 0 N–H and O–H groups in total. The van der Waals surface area contributed by atoms with Gasteiger partial charge >= 0.3 is 0 Å². The lowest BCUT2D eigenvalue weighted by Crippen LogP contribution is -2.15. The number of sulfone groups is 1. The van der Waals surface area contributed by atoms with Gasteiger partial charge in [0.05, 0.1) is 17.7 Å². The summed E-state index contributed by atoms with van der Waals surface area (Å²) in [4.78, 5) is 25.6. The molecule has 0 unspecified atom stereocenters. The quantitative estimate of drug-likeness (QED) is 0.379. The number of halogens is 1. The fourth-order valence-electron chi connectivity index (χ4n) is 3.58. The minimum absolute atomic E-state index is 0.0310. The zero-order chi connectivity index (χ0) is 24.4. The van der Waals surface area contributed by atoms with Gasteiger partial charge in [0.2, 0.25) is 9.84 Å². The van der Waals surface area contributed by atoms with Gasteiger partial charge in [-0.2, -0.15) is 0 Å². The molecule has 174 valence electrons. The van der Waals surface area contributed by atoms with E-state index in [0.717, 1.165) is 10.0 Å². The van der Waals surface area contributed by atoms with Crippen molar-refractivity contribution in [3.05, 3.63) is 111 Å². The number of benzene rings is 3. The third-order valence-corrected chi connectivity index (χ3v) is 7.69. The number of aliphatic imine (C=N–C) groups is 3. The Hall–Kier alpha value is -3.53. The number of nitrogens with zero attached hydrogens (tertiary/aromatic N) is 3. The van der Waals surface area contributed by atoms with Crippen LogP contribution < -0.4 is 0 Å². The first-order valence-corrected chi connectivity index (χ1v) is 12.9. The van der Waals surface area contributed by atoms with Gasteiger partial charge in [-0.05, 0) is 42.0 Å². The summed E-state index contributed by atoms with van der Waals surface area (Å²) in [5, 5.41) is 0. The zero-order valence-corrected chi connectivity index (χ0v) is 20.7. The summed E-state index contributed by atoms with van der Waals surface area (Å²) >= 11 is 3.37. The van der Waals surface area contributed by atoms with Crippen LogP contribution in [-0.4, -0.2) is 38.2 Å². The van der Waals surface area contributed by atoms with Crippen molar-refractivity contribution in [3.8, 4) is 0 Å². The number of carbonyl (C=O) groups excluding carboxylic acids is 1. The van der Waals surface area contributed by atoms with Gasteiger partial charge in [-0.25, -0.2) is 23.4 Å². The van der Waals surface area contributed by atoms with E-state index in [-0.39, 0.29) is 40.3 Å². The smallest absolute Gasteiger partial charge is 0.210 e. The summed E-state index contributed by atoms with van der Waals surface area (Å²) in [7, 11) is -3.74. The first-order valence-electron chi connectivity index (χ1n) is 10.6. The molecule has 5 rings (SSSR count). The summed E-state index contributed by atoms with van der Waals surface area (Å²) in [5.74, 6) is 0.575. The van der Waals surface area contributed by atoms with Crippen LogP contribution in [0.2, 0.25) is 0 Å². The molecule has 0 radical (unpaired) electrons. The Morgan fingerprint density at radius 2 is 1.49 bits per heavy atom. The van der Waals surface area contributed by atoms with E-state index in [9.17, 15) is 13.2 Å². The number of amidine groups is 2. The summed E-state index contributed by atoms with van der Waals surface area (Å²) in [6.45, 7) is 0.384. The average Bonchev–Trinajstić information content (AvgIpc) is 3.46. The molecule has 35 heavy (non-hydrogen) atoms. The predicted octanol–water partition coefficient (Wildman–Crippen LogP) is 4.78. The molecule has 3 aromatic carbocycles. The summed E-state index contributed by atoms with van der Waals surface area (Å²) in [6, 6.07) is 22.6. The second-order valence-electron chi connectivity index (χ2n) is 7.78. The molecule has 0 bridgehead atoms. The van der Waals surface area contributed by atoms with Crippen molar-refractivity contribution in [2.45, 2.75) is 11.5 Å². The van der Waals surface area contributed by atoms with Gasteiger partial charge in [0.15, 0.2) is 17.5 Å². The lowest BCUT2D eigenvalue weighted by molar-refractivity contribution is 0.103. The van der Waals surface area contributed by atoms with E-state index < -0.39 is 9.84 Å². The number of carbonyl (C=O) groups is 1. The fourth-order valence-corrected chi connectivity index (χ4v) is 5.20. The number of hydrogen-bond acceptors (Lipinski definition) is 7. The highest BCUT2D eigenvalue weighted by Crippen LogP contribution is 2.26. The van der Waals surface area contributed by atoms with Crippen LogP contribution in [-0.2, 0) is 21.2 Å². The van der Waals surface area contributed by atoms with Crippen LogP contribution in [0.1, 0.15) is 21.5 Å². The molecule has 2 heterocycles. The van der Waals surface area contributed by atoms with Crippen molar-refractivity contribution < 1.29 is 17.9 Å². The largest absolute Gasteiger partial charge is 0.369 e. The van der Waals surface area contributed by atoms with Crippen molar-refractivity contribution in [2.75, 3.05) is 6.61 Å². The predicted molar refractivity (Wildman–Crippen MR) is 138 cm³/mol. The molecule has 0 spiro atoms. The summed E-state index contributed by atoms with van der Waals surface area (Å²) < 4.78 is 32.5. The molecule has 2 aliphatic heterocycles. The topological polar surface area (TPSA) is 97.5 Å².